The molecular weight excluding hydrogens is 392 g/mol. The Morgan fingerprint density at radius 3 is 2.72 bits per heavy atom. The van der Waals surface area contributed by atoms with E-state index in [4.69, 9.17) is 4.42 Å². The van der Waals surface area contributed by atoms with Gasteiger partial charge in [-0.15, -0.1) is 0 Å². The van der Waals surface area contributed by atoms with Crippen LogP contribution >= 0.6 is 0 Å². The van der Waals surface area contributed by atoms with Crippen molar-refractivity contribution in [3.63, 3.8) is 0 Å². The van der Waals surface area contributed by atoms with Crippen LogP contribution in [0.2, 0.25) is 0 Å². The van der Waals surface area contributed by atoms with Gasteiger partial charge < -0.3 is 14.8 Å². The van der Waals surface area contributed by atoms with Gasteiger partial charge in [-0.3, -0.25) is 0 Å². The first-order valence-electron chi connectivity index (χ1n) is 10.0. The molecule has 1 fully saturated rings. The van der Waals surface area contributed by atoms with Crippen molar-refractivity contribution >= 4 is 21.7 Å². The maximum atomic E-state index is 12.5. The molecule has 7 nitrogen and oxygen atoms in total. The van der Waals surface area contributed by atoms with E-state index >= 15 is 0 Å². The number of aliphatic hydroxyl groups is 1. The first kappa shape index (κ1) is 20.0. The number of fused-ring (bicyclic) bond motifs is 1. The molecule has 2 aliphatic rings. The number of carbonyl (C=O) groups excluding carboxylic acids is 1. The van der Waals surface area contributed by atoms with Gasteiger partial charge in [0.15, 0.2) is 0 Å². The van der Waals surface area contributed by atoms with Gasteiger partial charge in [-0.05, 0) is 67.7 Å². The summed E-state index contributed by atoms with van der Waals surface area (Å²) in [6, 6.07) is 2.67. The van der Waals surface area contributed by atoms with Gasteiger partial charge in [0.25, 0.3) is 10.0 Å². The van der Waals surface area contributed by atoms with Crippen LogP contribution < -0.4 is 10.0 Å². The largest absolute Gasteiger partial charge is 0.451 e. The molecule has 1 aromatic carbocycles. The first-order valence-corrected chi connectivity index (χ1v) is 11.5. The zero-order valence-electron chi connectivity index (χ0n) is 16.7. The summed E-state index contributed by atoms with van der Waals surface area (Å²) in [5.41, 5.74) is 4.60. The zero-order valence-corrected chi connectivity index (χ0v) is 17.5. The monoisotopic (exact) mass is 418 g/mol. The van der Waals surface area contributed by atoms with Gasteiger partial charge in [0.2, 0.25) is 5.09 Å². The van der Waals surface area contributed by atoms with E-state index in [2.05, 4.69) is 18.3 Å². The van der Waals surface area contributed by atoms with Crippen molar-refractivity contribution < 1.29 is 22.7 Å². The fraction of sp³-hybridized carbons (Fsp3) is 0.476. The molecule has 0 radical (unpaired) electrons. The average Bonchev–Trinajstić information content (AvgIpc) is 3.08. The maximum absolute atomic E-state index is 12.5. The number of carbonyl (C=O) groups is 1. The van der Waals surface area contributed by atoms with Crippen LogP contribution in [-0.4, -0.2) is 19.6 Å². The van der Waals surface area contributed by atoms with Crippen molar-refractivity contribution in [2.24, 2.45) is 0 Å². The molecule has 3 N–H and O–H groups in total. The highest BCUT2D eigenvalue weighted by atomic mass is 32.2. The van der Waals surface area contributed by atoms with Crippen LogP contribution in [0.1, 0.15) is 60.4 Å². The summed E-state index contributed by atoms with van der Waals surface area (Å²) < 4.78 is 32.2. The van der Waals surface area contributed by atoms with Gasteiger partial charge >= 0.3 is 6.03 Å². The van der Waals surface area contributed by atoms with Gasteiger partial charge in [0.1, 0.15) is 0 Å². The number of amides is 2. The molecule has 29 heavy (non-hydrogen) atoms. The number of urea groups is 1. The van der Waals surface area contributed by atoms with E-state index in [1.165, 1.54) is 23.5 Å². The molecule has 2 aromatic rings. The van der Waals surface area contributed by atoms with Gasteiger partial charge in [0, 0.05) is 17.3 Å². The van der Waals surface area contributed by atoms with Crippen LogP contribution in [0.15, 0.2) is 27.9 Å². The van der Waals surface area contributed by atoms with Crippen LogP contribution in [0, 0.1) is 6.92 Å². The third-order valence-corrected chi connectivity index (χ3v) is 7.05. The van der Waals surface area contributed by atoms with Crippen LogP contribution in [0.25, 0.3) is 0 Å². The van der Waals surface area contributed by atoms with E-state index in [1.54, 1.807) is 0 Å². The Morgan fingerprint density at radius 1 is 1.28 bits per heavy atom. The van der Waals surface area contributed by atoms with Crippen LogP contribution in [0.3, 0.4) is 0 Å². The number of rotatable bonds is 6. The Labute approximate surface area is 170 Å². The lowest BCUT2D eigenvalue weighted by molar-refractivity contribution is 0.150. The van der Waals surface area contributed by atoms with E-state index in [1.807, 2.05) is 11.6 Å². The van der Waals surface area contributed by atoms with E-state index < -0.39 is 21.7 Å². The van der Waals surface area contributed by atoms with Gasteiger partial charge in [-0.25, -0.2) is 9.52 Å². The molecule has 156 valence electrons. The van der Waals surface area contributed by atoms with Crippen LogP contribution in [0.5, 0.6) is 0 Å². The number of furan rings is 1. The second-order valence-electron chi connectivity index (χ2n) is 8.02. The van der Waals surface area contributed by atoms with Crippen molar-refractivity contribution in [2.45, 2.75) is 69.5 Å². The average molecular weight is 419 g/mol. The third kappa shape index (κ3) is 3.79. The summed E-state index contributed by atoms with van der Waals surface area (Å²) in [7, 11) is -4.18. The Morgan fingerprint density at radius 2 is 2.03 bits per heavy atom. The summed E-state index contributed by atoms with van der Waals surface area (Å²) in [6.07, 6.45) is 7.13. The minimum atomic E-state index is -4.18. The number of benzene rings is 1. The van der Waals surface area contributed by atoms with Crippen molar-refractivity contribution in [3.8, 4) is 0 Å². The molecule has 1 heterocycles. The van der Waals surface area contributed by atoms with Gasteiger partial charge in [-0.1, -0.05) is 19.4 Å². The second-order valence-corrected chi connectivity index (χ2v) is 9.64. The lowest BCUT2D eigenvalue weighted by Crippen LogP contribution is -2.34. The van der Waals surface area contributed by atoms with E-state index in [0.29, 0.717) is 24.1 Å². The lowest BCUT2D eigenvalue weighted by Gasteiger charge is -2.17. The summed E-state index contributed by atoms with van der Waals surface area (Å²) >= 11 is 0. The molecule has 8 heteroatoms. The minimum Gasteiger partial charge on any atom is -0.451 e. The van der Waals surface area contributed by atoms with Crippen LogP contribution in [0.4, 0.5) is 10.5 Å². The topological polar surface area (TPSA) is 109 Å². The second kappa shape index (κ2) is 7.18. The Hall–Kier alpha value is -2.32. The number of hydrogen-bond acceptors (Lipinski definition) is 5. The standard InChI is InChI=1S/C21H26N2O5S/c1-3-5-14-10-15-6-4-7-17(15)19(13(14)2)22-20(24)23-29(26,27)18-11-16(12-28-18)21(25)8-9-21/h10-12,25H,3-9H2,1-2H3,(H2,22,23,24). The van der Waals surface area contributed by atoms with Crippen molar-refractivity contribution in [1.82, 2.24) is 4.72 Å². The minimum absolute atomic E-state index is 0.385. The molecule has 2 amide bonds. The van der Waals surface area contributed by atoms with E-state index in [-0.39, 0.29) is 5.09 Å². The molecule has 0 saturated heterocycles. The van der Waals surface area contributed by atoms with Gasteiger partial charge in [0.05, 0.1) is 11.9 Å². The third-order valence-electron chi connectivity index (χ3n) is 5.85. The molecule has 0 spiro atoms. The molecular formula is C21H26N2O5S. The first-order chi connectivity index (χ1) is 13.7. The Balaban J connectivity index is 1.55. The summed E-state index contributed by atoms with van der Waals surface area (Å²) in [5, 5.41) is 12.5. The molecule has 0 unspecified atom stereocenters. The normalized spacial score (nSPS) is 17.1. The van der Waals surface area contributed by atoms with Gasteiger partial charge in [-0.2, -0.15) is 8.42 Å². The highest BCUT2D eigenvalue weighted by molar-refractivity contribution is 7.89. The Kier molecular flexibility index (Phi) is 4.94. The lowest BCUT2D eigenvalue weighted by atomic mass is 9.95. The molecule has 1 aromatic heterocycles. The molecule has 0 aliphatic heterocycles. The van der Waals surface area contributed by atoms with E-state index in [0.717, 1.165) is 43.2 Å². The summed E-state index contributed by atoms with van der Waals surface area (Å²) in [5.74, 6) is 0. The molecule has 4 rings (SSSR count). The smallest absolute Gasteiger partial charge is 0.333 e. The highest BCUT2D eigenvalue weighted by Crippen LogP contribution is 2.46. The zero-order chi connectivity index (χ0) is 20.8. The maximum Gasteiger partial charge on any atom is 0.333 e. The fourth-order valence-corrected chi connectivity index (χ4v) is 4.89. The molecule has 1 saturated carbocycles. The van der Waals surface area contributed by atoms with Crippen molar-refractivity contribution in [1.29, 1.82) is 0 Å². The predicted octanol–water partition coefficient (Wildman–Crippen LogP) is 3.52. The SMILES string of the molecule is CCCc1cc2c(c(NC(=O)NS(=O)(=O)c3cc(C4(O)CC4)co3)c1C)CCC2. The number of anilines is 1. The van der Waals surface area contributed by atoms with Crippen LogP contribution in [-0.2, 0) is 34.9 Å². The molecule has 0 atom stereocenters. The van der Waals surface area contributed by atoms with Crippen molar-refractivity contribution in [3.05, 3.63) is 46.2 Å². The summed E-state index contributed by atoms with van der Waals surface area (Å²) in [4.78, 5) is 12.5. The number of aryl methyl sites for hydroxylation is 2. The predicted molar refractivity (Wildman–Crippen MR) is 108 cm³/mol. The Bertz CT molecular complexity index is 1070. The molecule has 2 aliphatic carbocycles. The summed E-state index contributed by atoms with van der Waals surface area (Å²) in [6.45, 7) is 4.07. The van der Waals surface area contributed by atoms with Crippen molar-refractivity contribution in [2.75, 3.05) is 5.32 Å². The highest BCUT2D eigenvalue weighted by Gasteiger charge is 2.44. The molecule has 0 bridgehead atoms. The van der Waals surface area contributed by atoms with E-state index in [9.17, 15) is 18.3 Å². The number of sulfonamides is 1. The fourth-order valence-electron chi connectivity index (χ4n) is 4.04. The number of hydrogen-bond donors (Lipinski definition) is 3. The number of nitrogens with one attached hydrogen (secondary N) is 2. The quantitative estimate of drug-likeness (QED) is 0.665.